The molecule has 1 aliphatic heterocycles. The minimum atomic E-state index is 0.404. The zero-order valence-electron chi connectivity index (χ0n) is 13.5. The molecule has 24 heavy (non-hydrogen) atoms. The number of anilines is 1. The maximum Gasteiger partial charge on any atom is 0.318 e. The average molecular weight is 367 g/mol. The van der Waals surface area contributed by atoms with Crippen LogP contribution in [0.15, 0.2) is 30.5 Å². The lowest BCUT2D eigenvalue weighted by atomic mass is 10.0. The fraction of sp³-hybridized carbons (Fsp3) is 0.412. The molecule has 3 rings (SSSR count). The molecule has 0 unspecified atom stereocenters. The SMILES string of the molecule is COc1nccc(N2CCC(NCc3c(Cl)cccc3Cl)CC2)n1. The highest BCUT2D eigenvalue weighted by Gasteiger charge is 2.20. The molecule has 0 bridgehead atoms. The number of piperidine rings is 1. The summed E-state index contributed by atoms with van der Waals surface area (Å²) in [5.74, 6) is 0.912. The van der Waals surface area contributed by atoms with E-state index in [-0.39, 0.29) is 0 Å². The summed E-state index contributed by atoms with van der Waals surface area (Å²) in [6.07, 6.45) is 3.80. The Balaban J connectivity index is 1.53. The van der Waals surface area contributed by atoms with Gasteiger partial charge in [-0.1, -0.05) is 29.3 Å². The Morgan fingerprint density at radius 2 is 1.92 bits per heavy atom. The second kappa shape index (κ2) is 8.01. The summed E-state index contributed by atoms with van der Waals surface area (Å²) in [6.45, 7) is 2.56. The number of hydrogen-bond donors (Lipinski definition) is 1. The fourth-order valence-corrected chi connectivity index (χ4v) is 3.40. The van der Waals surface area contributed by atoms with Crippen LogP contribution in [0.3, 0.4) is 0 Å². The van der Waals surface area contributed by atoms with Gasteiger partial charge in [-0.25, -0.2) is 4.98 Å². The summed E-state index contributed by atoms with van der Waals surface area (Å²) < 4.78 is 5.09. The molecule has 1 fully saturated rings. The van der Waals surface area contributed by atoms with Gasteiger partial charge in [0.2, 0.25) is 0 Å². The maximum absolute atomic E-state index is 6.22. The lowest BCUT2D eigenvalue weighted by Gasteiger charge is -2.33. The molecule has 1 aliphatic rings. The second-order valence-electron chi connectivity index (χ2n) is 5.74. The molecule has 1 N–H and O–H groups in total. The van der Waals surface area contributed by atoms with Gasteiger partial charge in [0.05, 0.1) is 7.11 Å². The predicted molar refractivity (Wildman–Crippen MR) is 97.1 cm³/mol. The normalized spacial score (nSPS) is 15.5. The number of ether oxygens (including phenoxy) is 1. The van der Waals surface area contributed by atoms with Gasteiger partial charge >= 0.3 is 6.01 Å². The third-order valence-electron chi connectivity index (χ3n) is 4.25. The van der Waals surface area contributed by atoms with Crippen molar-refractivity contribution in [1.82, 2.24) is 15.3 Å². The number of hydrogen-bond acceptors (Lipinski definition) is 5. The van der Waals surface area contributed by atoms with Gasteiger partial charge in [0, 0.05) is 47.5 Å². The van der Waals surface area contributed by atoms with Crippen molar-refractivity contribution in [3.8, 4) is 6.01 Å². The van der Waals surface area contributed by atoms with Crippen molar-refractivity contribution in [2.75, 3.05) is 25.1 Å². The van der Waals surface area contributed by atoms with Crippen molar-refractivity contribution in [2.45, 2.75) is 25.4 Å². The van der Waals surface area contributed by atoms with E-state index in [2.05, 4.69) is 20.2 Å². The van der Waals surface area contributed by atoms with Crippen LogP contribution < -0.4 is 15.0 Å². The number of rotatable bonds is 5. The Morgan fingerprint density at radius 1 is 1.21 bits per heavy atom. The van der Waals surface area contributed by atoms with Gasteiger partial charge < -0.3 is 15.0 Å². The molecule has 0 spiro atoms. The summed E-state index contributed by atoms with van der Waals surface area (Å²) in [7, 11) is 1.58. The molecule has 1 aromatic heterocycles. The largest absolute Gasteiger partial charge is 0.467 e. The highest BCUT2D eigenvalue weighted by molar-refractivity contribution is 6.35. The van der Waals surface area contributed by atoms with Gasteiger partial charge in [-0.3, -0.25) is 0 Å². The average Bonchev–Trinajstić information content (AvgIpc) is 2.62. The Hall–Kier alpha value is -1.56. The molecule has 1 saturated heterocycles. The third-order valence-corrected chi connectivity index (χ3v) is 4.96. The maximum atomic E-state index is 6.22. The zero-order chi connectivity index (χ0) is 16.9. The first-order chi connectivity index (χ1) is 11.7. The van der Waals surface area contributed by atoms with Gasteiger partial charge in [0.15, 0.2) is 0 Å². The molecule has 0 amide bonds. The van der Waals surface area contributed by atoms with Gasteiger partial charge in [0.1, 0.15) is 5.82 Å². The van der Waals surface area contributed by atoms with Crippen LogP contribution in [0.4, 0.5) is 5.82 Å². The first kappa shape index (κ1) is 17.3. The van der Waals surface area contributed by atoms with Crippen molar-refractivity contribution in [2.24, 2.45) is 0 Å². The zero-order valence-corrected chi connectivity index (χ0v) is 15.0. The number of halogens is 2. The Labute approximate surface area is 152 Å². The van der Waals surface area contributed by atoms with E-state index >= 15 is 0 Å². The standard InChI is InChI=1S/C17H20Cl2N4O/c1-24-17-20-8-5-16(22-17)23-9-6-12(7-10-23)21-11-13-14(18)3-2-4-15(13)19/h2-5,8,12,21H,6-7,9-11H2,1H3. The van der Waals surface area contributed by atoms with E-state index < -0.39 is 0 Å². The molecule has 2 aromatic rings. The number of benzene rings is 1. The van der Waals surface area contributed by atoms with Gasteiger partial charge in [-0.15, -0.1) is 0 Å². The molecule has 5 nitrogen and oxygen atoms in total. The fourth-order valence-electron chi connectivity index (χ4n) is 2.87. The number of nitrogens with zero attached hydrogens (tertiary/aromatic N) is 3. The number of nitrogens with one attached hydrogen (secondary N) is 1. The van der Waals surface area contributed by atoms with E-state index in [1.165, 1.54) is 0 Å². The van der Waals surface area contributed by atoms with Gasteiger partial charge in [-0.2, -0.15) is 4.98 Å². The van der Waals surface area contributed by atoms with E-state index in [1.807, 2.05) is 24.3 Å². The van der Waals surface area contributed by atoms with Crippen molar-refractivity contribution < 1.29 is 4.74 Å². The molecule has 0 aliphatic carbocycles. The Bertz CT molecular complexity index is 670. The highest BCUT2D eigenvalue weighted by Crippen LogP contribution is 2.25. The predicted octanol–water partition coefficient (Wildman–Crippen LogP) is 3.55. The first-order valence-corrected chi connectivity index (χ1v) is 8.71. The number of aromatic nitrogens is 2. The lowest BCUT2D eigenvalue weighted by molar-refractivity contribution is 0.377. The summed E-state index contributed by atoms with van der Waals surface area (Å²) >= 11 is 12.4. The van der Waals surface area contributed by atoms with E-state index in [9.17, 15) is 0 Å². The lowest BCUT2D eigenvalue weighted by Crippen LogP contribution is -2.42. The molecule has 7 heteroatoms. The Morgan fingerprint density at radius 3 is 2.58 bits per heavy atom. The van der Waals surface area contributed by atoms with Crippen LogP contribution >= 0.6 is 23.2 Å². The van der Waals surface area contributed by atoms with Crippen molar-refractivity contribution >= 4 is 29.0 Å². The topological polar surface area (TPSA) is 50.3 Å². The quantitative estimate of drug-likeness (QED) is 0.876. The highest BCUT2D eigenvalue weighted by atomic mass is 35.5. The minimum absolute atomic E-state index is 0.404. The molecule has 2 heterocycles. The summed E-state index contributed by atoms with van der Waals surface area (Å²) in [4.78, 5) is 10.7. The van der Waals surface area contributed by atoms with Gasteiger partial charge in [0.25, 0.3) is 0 Å². The molecule has 1 aromatic carbocycles. The van der Waals surface area contributed by atoms with Crippen molar-refractivity contribution in [3.05, 3.63) is 46.1 Å². The van der Waals surface area contributed by atoms with Crippen LogP contribution in [-0.4, -0.2) is 36.2 Å². The van der Waals surface area contributed by atoms with Crippen LogP contribution in [0.25, 0.3) is 0 Å². The minimum Gasteiger partial charge on any atom is -0.467 e. The summed E-state index contributed by atoms with van der Waals surface area (Å²) in [5, 5.41) is 4.98. The smallest absolute Gasteiger partial charge is 0.318 e. The summed E-state index contributed by atoms with van der Waals surface area (Å²) in [5.41, 5.74) is 0.962. The van der Waals surface area contributed by atoms with Crippen LogP contribution in [0, 0.1) is 0 Å². The van der Waals surface area contributed by atoms with Crippen molar-refractivity contribution in [3.63, 3.8) is 0 Å². The molecule has 0 radical (unpaired) electrons. The van der Waals surface area contributed by atoms with Gasteiger partial charge in [-0.05, 0) is 31.0 Å². The van der Waals surface area contributed by atoms with Crippen LogP contribution in [0.2, 0.25) is 10.0 Å². The van der Waals surface area contributed by atoms with Crippen LogP contribution in [0.1, 0.15) is 18.4 Å². The molecule has 0 atom stereocenters. The van der Waals surface area contributed by atoms with Crippen LogP contribution in [-0.2, 0) is 6.54 Å². The molecule has 0 saturated carbocycles. The second-order valence-corrected chi connectivity index (χ2v) is 6.56. The summed E-state index contributed by atoms with van der Waals surface area (Å²) in [6, 6.07) is 8.37. The molecular formula is C17H20Cl2N4O. The van der Waals surface area contributed by atoms with E-state index in [1.54, 1.807) is 13.3 Å². The van der Waals surface area contributed by atoms with Crippen LogP contribution in [0.5, 0.6) is 6.01 Å². The molecule has 128 valence electrons. The third kappa shape index (κ3) is 4.09. The van der Waals surface area contributed by atoms with E-state index in [4.69, 9.17) is 27.9 Å². The Kier molecular flexibility index (Phi) is 5.76. The number of methoxy groups -OCH3 is 1. The molecular weight excluding hydrogens is 347 g/mol. The van der Waals surface area contributed by atoms with E-state index in [0.29, 0.717) is 28.6 Å². The van der Waals surface area contributed by atoms with Crippen molar-refractivity contribution in [1.29, 1.82) is 0 Å². The first-order valence-electron chi connectivity index (χ1n) is 7.95. The monoisotopic (exact) mass is 366 g/mol. The van der Waals surface area contributed by atoms with E-state index in [0.717, 1.165) is 37.3 Å².